The molecule has 8 heteroatoms. The Morgan fingerprint density at radius 2 is 1.88 bits per heavy atom. The lowest BCUT2D eigenvalue weighted by Gasteiger charge is -2.13. The fraction of sp³-hybridized carbons (Fsp3) is 0.250. The molecule has 2 rings (SSSR count). The van der Waals surface area contributed by atoms with E-state index in [1.165, 1.54) is 0 Å². The first-order chi connectivity index (χ1) is 11.5. The molecular weight excluding hydrogens is 344 g/mol. The zero-order valence-corrected chi connectivity index (χ0v) is 15.3. The summed E-state index contributed by atoms with van der Waals surface area (Å²) in [6, 6.07) is 9.46. The van der Waals surface area contributed by atoms with Gasteiger partial charge in [-0.1, -0.05) is 29.8 Å². The monoisotopic (exact) mass is 362 g/mol. The molecule has 0 spiro atoms. The summed E-state index contributed by atoms with van der Waals surface area (Å²) in [5.74, 6) is 0.899. The number of aromatic nitrogens is 2. The highest BCUT2D eigenvalue weighted by Gasteiger charge is 2.07. The molecule has 0 aliphatic carbocycles. The van der Waals surface area contributed by atoms with Gasteiger partial charge < -0.3 is 10.6 Å². The highest BCUT2D eigenvalue weighted by molar-refractivity contribution is 7.80. The number of anilines is 1. The number of benzene rings is 1. The molecule has 0 bridgehead atoms. The largest absolute Gasteiger partial charge is 0.365 e. The molecule has 0 atom stereocenters. The molecule has 0 saturated heterocycles. The Bertz CT molecular complexity index is 742. The van der Waals surface area contributed by atoms with E-state index in [0.29, 0.717) is 28.6 Å². The maximum atomic E-state index is 6.17. The Morgan fingerprint density at radius 1 is 1.21 bits per heavy atom. The molecule has 0 saturated carbocycles. The number of guanidine groups is 1. The first kappa shape index (κ1) is 18.1. The Balaban J connectivity index is 2.22. The fourth-order valence-corrected chi connectivity index (χ4v) is 2.25. The molecule has 0 aliphatic rings. The number of nitrogens with zero attached hydrogens (tertiary/aromatic N) is 3. The average molecular weight is 363 g/mol. The molecule has 0 unspecified atom stereocenters. The fourth-order valence-electron chi connectivity index (χ4n) is 1.96. The Hall–Kier alpha value is -2.25. The molecule has 1 aromatic carbocycles. The average Bonchev–Trinajstić information content (AvgIpc) is 2.52. The minimum atomic E-state index is 0.395. The zero-order chi connectivity index (χ0) is 17.5. The van der Waals surface area contributed by atoms with E-state index < -0.39 is 0 Å². The maximum Gasteiger partial charge on any atom is 0.229 e. The van der Waals surface area contributed by atoms with Crippen molar-refractivity contribution in [2.24, 2.45) is 4.99 Å². The lowest BCUT2D eigenvalue weighted by molar-refractivity contribution is 1.02. The molecule has 0 radical (unpaired) electrons. The number of aliphatic imine (C=N–C) groups is 1. The van der Waals surface area contributed by atoms with Crippen LogP contribution >= 0.6 is 23.8 Å². The number of thiocarbonyl (C=S) groups is 1. The van der Waals surface area contributed by atoms with Crippen LogP contribution in [-0.4, -0.2) is 28.1 Å². The summed E-state index contributed by atoms with van der Waals surface area (Å²) in [6.45, 7) is 4.21. The Morgan fingerprint density at radius 3 is 2.50 bits per heavy atom. The smallest absolute Gasteiger partial charge is 0.229 e. The molecule has 24 heavy (non-hydrogen) atoms. The van der Waals surface area contributed by atoms with Gasteiger partial charge in [-0.05, 0) is 43.8 Å². The third-order valence-electron chi connectivity index (χ3n) is 3.04. The predicted octanol–water partition coefficient (Wildman–Crippen LogP) is 2.81. The number of aryl methyl sites for hydroxylation is 2. The van der Waals surface area contributed by atoms with E-state index in [-0.39, 0.29) is 0 Å². The van der Waals surface area contributed by atoms with Crippen LogP contribution in [-0.2, 0) is 6.54 Å². The topological polar surface area (TPSA) is 74.2 Å². The van der Waals surface area contributed by atoms with E-state index in [2.05, 4.69) is 30.9 Å². The van der Waals surface area contributed by atoms with Crippen molar-refractivity contribution in [2.45, 2.75) is 20.4 Å². The van der Waals surface area contributed by atoms with Gasteiger partial charge >= 0.3 is 0 Å². The van der Waals surface area contributed by atoms with Gasteiger partial charge in [-0.3, -0.25) is 5.32 Å². The van der Waals surface area contributed by atoms with E-state index in [1.807, 2.05) is 44.2 Å². The van der Waals surface area contributed by atoms with Crippen molar-refractivity contribution in [3.05, 3.63) is 52.3 Å². The highest BCUT2D eigenvalue weighted by Crippen LogP contribution is 2.15. The standard InChI is InChI=1S/C16H19ClN6S/c1-10-8-11(2)21-15(20-10)22-14(23-16(24)18-3)19-9-12-6-4-5-7-13(12)17/h4-8H,9H2,1-3H3,(H3,18,19,20,21,22,23,24). The molecular formula is C16H19ClN6S. The van der Waals surface area contributed by atoms with Crippen molar-refractivity contribution in [3.63, 3.8) is 0 Å². The van der Waals surface area contributed by atoms with Gasteiger partial charge in [-0.2, -0.15) is 0 Å². The summed E-state index contributed by atoms with van der Waals surface area (Å²) in [5.41, 5.74) is 2.65. The summed E-state index contributed by atoms with van der Waals surface area (Å²) in [7, 11) is 1.73. The SMILES string of the molecule is CNC(=S)NC(=NCc1ccccc1Cl)Nc1nc(C)cc(C)n1. The van der Waals surface area contributed by atoms with Crippen LogP contribution in [0, 0.1) is 13.8 Å². The highest BCUT2D eigenvalue weighted by atomic mass is 35.5. The summed E-state index contributed by atoms with van der Waals surface area (Å²) >= 11 is 11.3. The third-order valence-corrected chi connectivity index (χ3v) is 3.71. The van der Waals surface area contributed by atoms with Gasteiger partial charge in [0.2, 0.25) is 11.9 Å². The summed E-state index contributed by atoms with van der Waals surface area (Å²) in [5, 5.41) is 9.99. The first-order valence-corrected chi connectivity index (χ1v) is 8.12. The minimum absolute atomic E-state index is 0.395. The van der Waals surface area contributed by atoms with Gasteiger partial charge in [0.15, 0.2) is 5.11 Å². The van der Waals surface area contributed by atoms with E-state index in [0.717, 1.165) is 17.0 Å². The molecule has 3 N–H and O–H groups in total. The van der Waals surface area contributed by atoms with Crippen molar-refractivity contribution < 1.29 is 0 Å². The van der Waals surface area contributed by atoms with Crippen LogP contribution in [0.3, 0.4) is 0 Å². The van der Waals surface area contributed by atoms with Crippen LogP contribution in [0.25, 0.3) is 0 Å². The number of hydrogen-bond acceptors (Lipinski definition) is 4. The van der Waals surface area contributed by atoms with Gasteiger partial charge in [-0.25, -0.2) is 15.0 Å². The van der Waals surface area contributed by atoms with Gasteiger partial charge in [0.1, 0.15) is 0 Å². The Kier molecular flexibility index (Phi) is 6.45. The normalized spacial score (nSPS) is 11.1. The van der Waals surface area contributed by atoms with Gasteiger partial charge in [0.25, 0.3) is 0 Å². The molecule has 126 valence electrons. The number of halogens is 1. The summed E-state index contributed by atoms with van der Waals surface area (Å²) in [4.78, 5) is 13.2. The number of rotatable bonds is 3. The van der Waals surface area contributed by atoms with Crippen LogP contribution in [0.1, 0.15) is 17.0 Å². The van der Waals surface area contributed by atoms with Crippen LogP contribution in [0.4, 0.5) is 5.95 Å². The van der Waals surface area contributed by atoms with Crippen molar-refractivity contribution in [1.29, 1.82) is 0 Å². The van der Waals surface area contributed by atoms with Crippen molar-refractivity contribution in [1.82, 2.24) is 20.6 Å². The van der Waals surface area contributed by atoms with Gasteiger partial charge in [0.05, 0.1) is 6.54 Å². The lowest BCUT2D eigenvalue weighted by atomic mass is 10.2. The second-order valence-corrected chi connectivity index (χ2v) is 5.88. The van der Waals surface area contributed by atoms with E-state index in [4.69, 9.17) is 23.8 Å². The number of hydrogen-bond donors (Lipinski definition) is 3. The van der Waals surface area contributed by atoms with Gasteiger partial charge in [0, 0.05) is 23.5 Å². The zero-order valence-electron chi connectivity index (χ0n) is 13.7. The third kappa shape index (κ3) is 5.43. The molecule has 1 heterocycles. The first-order valence-electron chi connectivity index (χ1n) is 7.34. The van der Waals surface area contributed by atoms with E-state index >= 15 is 0 Å². The minimum Gasteiger partial charge on any atom is -0.365 e. The second kappa shape index (κ2) is 8.56. The predicted molar refractivity (Wildman–Crippen MR) is 103 cm³/mol. The molecule has 1 aromatic heterocycles. The molecule has 0 fully saturated rings. The maximum absolute atomic E-state index is 6.17. The summed E-state index contributed by atoms with van der Waals surface area (Å²) < 4.78 is 0. The number of nitrogens with one attached hydrogen (secondary N) is 3. The second-order valence-electron chi connectivity index (χ2n) is 5.06. The molecule has 0 amide bonds. The van der Waals surface area contributed by atoms with E-state index in [1.54, 1.807) is 7.05 Å². The van der Waals surface area contributed by atoms with Crippen LogP contribution in [0.2, 0.25) is 5.02 Å². The summed E-state index contributed by atoms with van der Waals surface area (Å²) in [6.07, 6.45) is 0. The molecule has 2 aromatic rings. The van der Waals surface area contributed by atoms with Crippen LogP contribution in [0.15, 0.2) is 35.3 Å². The molecule has 0 aliphatic heterocycles. The van der Waals surface area contributed by atoms with E-state index in [9.17, 15) is 0 Å². The quantitative estimate of drug-likeness (QED) is 0.443. The van der Waals surface area contributed by atoms with Crippen molar-refractivity contribution in [3.8, 4) is 0 Å². The Labute approximate surface area is 151 Å². The van der Waals surface area contributed by atoms with Crippen molar-refractivity contribution >= 4 is 40.8 Å². The van der Waals surface area contributed by atoms with Gasteiger partial charge in [-0.15, -0.1) is 0 Å². The van der Waals surface area contributed by atoms with Crippen molar-refractivity contribution in [2.75, 3.05) is 12.4 Å². The molecule has 6 nitrogen and oxygen atoms in total. The van der Waals surface area contributed by atoms with Crippen LogP contribution < -0.4 is 16.0 Å². The van der Waals surface area contributed by atoms with Crippen LogP contribution in [0.5, 0.6) is 0 Å². The lowest BCUT2D eigenvalue weighted by Crippen LogP contribution is -2.41.